The summed E-state index contributed by atoms with van der Waals surface area (Å²) in [6, 6.07) is 0.0394. The molecule has 2 rings (SSSR count). The van der Waals surface area contributed by atoms with Gasteiger partial charge >= 0.3 is 0 Å². The molecule has 1 unspecified atom stereocenters. The number of nitrogens with zero attached hydrogens (tertiary/aromatic N) is 5. The van der Waals surface area contributed by atoms with Crippen LogP contribution >= 0.6 is 0 Å². The molecule has 2 heterocycles. The standard InChI is InChI=1S/C17H31N7O2/c1-5-26-11-7-9-18-17(19-12-15(25)23(3)4)21-14-8-6-10-24-16(14)20-13(2)22-24/h14H,5-12H2,1-4H3,(H2,18,19,21). The molecule has 0 bridgehead atoms. The third-order valence-corrected chi connectivity index (χ3v) is 4.12. The van der Waals surface area contributed by atoms with Gasteiger partial charge in [-0.15, -0.1) is 0 Å². The van der Waals surface area contributed by atoms with E-state index in [1.165, 1.54) is 4.90 Å². The molecule has 1 atom stereocenters. The number of fused-ring (bicyclic) bond motifs is 1. The van der Waals surface area contributed by atoms with E-state index in [1.54, 1.807) is 14.1 Å². The molecular formula is C17H31N7O2. The number of aromatic nitrogens is 3. The van der Waals surface area contributed by atoms with Crippen LogP contribution in [0.25, 0.3) is 0 Å². The van der Waals surface area contributed by atoms with Crippen LogP contribution in [0.5, 0.6) is 0 Å². The first kappa shape index (κ1) is 20.2. The highest BCUT2D eigenvalue weighted by Crippen LogP contribution is 2.22. The molecule has 146 valence electrons. The number of ether oxygens (including phenoxy) is 1. The lowest BCUT2D eigenvalue weighted by atomic mass is 10.1. The third kappa shape index (κ3) is 5.98. The monoisotopic (exact) mass is 365 g/mol. The Balaban J connectivity index is 2.00. The summed E-state index contributed by atoms with van der Waals surface area (Å²) >= 11 is 0. The number of hydrogen-bond acceptors (Lipinski definition) is 5. The SMILES string of the molecule is CCOCCCNC(=NCC(=O)N(C)C)NC1CCCn2nc(C)nc21. The minimum atomic E-state index is -0.0388. The molecule has 1 aliphatic heterocycles. The number of carbonyl (C=O) groups is 1. The normalized spacial score (nSPS) is 16.9. The molecule has 0 fully saturated rings. The Bertz CT molecular complexity index is 612. The van der Waals surface area contributed by atoms with E-state index in [2.05, 4.69) is 25.7 Å². The van der Waals surface area contributed by atoms with Crippen LogP contribution in [0, 0.1) is 6.92 Å². The maximum atomic E-state index is 11.9. The van der Waals surface area contributed by atoms with Crippen molar-refractivity contribution in [2.75, 3.05) is 40.4 Å². The van der Waals surface area contributed by atoms with E-state index in [-0.39, 0.29) is 18.5 Å². The summed E-state index contributed by atoms with van der Waals surface area (Å²) in [5.74, 6) is 2.29. The number of likely N-dealkylation sites (N-methyl/N-ethyl adjacent to an activating group) is 1. The average Bonchev–Trinajstić information content (AvgIpc) is 3.00. The Morgan fingerprint density at radius 3 is 3.00 bits per heavy atom. The molecule has 0 aliphatic carbocycles. The average molecular weight is 365 g/mol. The van der Waals surface area contributed by atoms with E-state index in [9.17, 15) is 4.79 Å². The summed E-state index contributed by atoms with van der Waals surface area (Å²) in [7, 11) is 3.46. The first-order valence-electron chi connectivity index (χ1n) is 9.25. The van der Waals surface area contributed by atoms with Crippen LogP contribution in [0.1, 0.15) is 43.9 Å². The summed E-state index contributed by atoms with van der Waals surface area (Å²) in [5, 5.41) is 11.1. The van der Waals surface area contributed by atoms with E-state index in [0.29, 0.717) is 19.2 Å². The van der Waals surface area contributed by atoms with Gasteiger partial charge in [-0.1, -0.05) is 0 Å². The topological polar surface area (TPSA) is 96.7 Å². The second kappa shape index (κ2) is 10.1. The van der Waals surface area contributed by atoms with E-state index >= 15 is 0 Å². The second-order valence-electron chi connectivity index (χ2n) is 6.51. The summed E-state index contributed by atoms with van der Waals surface area (Å²) in [6.45, 7) is 7.02. The highest BCUT2D eigenvalue weighted by molar-refractivity contribution is 5.84. The van der Waals surface area contributed by atoms with Crippen molar-refractivity contribution >= 4 is 11.9 Å². The van der Waals surface area contributed by atoms with Gasteiger partial charge in [-0.3, -0.25) is 4.79 Å². The Morgan fingerprint density at radius 2 is 2.27 bits per heavy atom. The summed E-state index contributed by atoms with van der Waals surface area (Å²) in [6.07, 6.45) is 2.86. The van der Waals surface area contributed by atoms with Crippen LogP contribution in [0.15, 0.2) is 4.99 Å². The fourth-order valence-corrected chi connectivity index (χ4v) is 2.74. The van der Waals surface area contributed by atoms with Crippen LogP contribution in [0.3, 0.4) is 0 Å². The zero-order chi connectivity index (χ0) is 18.9. The highest BCUT2D eigenvalue weighted by atomic mass is 16.5. The van der Waals surface area contributed by atoms with Crippen LogP contribution in [-0.4, -0.2) is 71.9 Å². The number of hydrogen-bond donors (Lipinski definition) is 2. The van der Waals surface area contributed by atoms with E-state index < -0.39 is 0 Å². The first-order chi connectivity index (χ1) is 12.5. The number of nitrogens with one attached hydrogen (secondary N) is 2. The van der Waals surface area contributed by atoms with Gasteiger partial charge in [0.2, 0.25) is 5.91 Å². The van der Waals surface area contributed by atoms with Gasteiger partial charge in [0.15, 0.2) is 5.96 Å². The molecular weight excluding hydrogens is 334 g/mol. The lowest BCUT2D eigenvalue weighted by molar-refractivity contribution is -0.127. The molecule has 1 aliphatic rings. The van der Waals surface area contributed by atoms with Crippen molar-refractivity contribution < 1.29 is 9.53 Å². The smallest absolute Gasteiger partial charge is 0.243 e. The largest absolute Gasteiger partial charge is 0.382 e. The number of amides is 1. The predicted octanol–water partition coefficient (Wildman–Crippen LogP) is 0.471. The van der Waals surface area contributed by atoms with Gasteiger partial charge in [0, 0.05) is 40.4 Å². The number of rotatable bonds is 8. The Labute approximate surface area is 155 Å². The maximum absolute atomic E-state index is 11.9. The highest BCUT2D eigenvalue weighted by Gasteiger charge is 2.24. The van der Waals surface area contributed by atoms with Crippen molar-refractivity contribution in [2.45, 2.75) is 45.7 Å². The number of aryl methyl sites for hydroxylation is 2. The van der Waals surface area contributed by atoms with Gasteiger partial charge in [0.05, 0.1) is 6.04 Å². The van der Waals surface area contributed by atoms with Crippen molar-refractivity contribution in [1.29, 1.82) is 0 Å². The second-order valence-corrected chi connectivity index (χ2v) is 6.51. The molecule has 26 heavy (non-hydrogen) atoms. The molecule has 0 spiro atoms. The third-order valence-electron chi connectivity index (χ3n) is 4.12. The summed E-state index contributed by atoms with van der Waals surface area (Å²) < 4.78 is 7.31. The van der Waals surface area contributed by atoms with Crippen LogP contribution in [0.4, 0.5) is 0 Å². The van der Waals surface area contributed by atoms with E-state index in [1.807, 2.05) is 18.5 Å². The van der Waals surface area contributed by atoms with Gasteiger partial charge in [0.1, 0.15) is 18.2 Å². The lowest BCUT2D eigenvalue weighted by Crippen LogP contribution is -2.42. The molecule has 0 radical (unpaired) electrons. The van der Waals surface area contributed by atoms with E-state index in [4.69, 9.17) is 4.74 Å². The van der Waals surface area contributed by atoms with Crippen LogP contribution in [0.2, 0.25) is 0 Å². The van der Waals surface area contributed by atoms with Crippen molar-refractivity contribution in [2.24, 2.45) is 4.99 Å². The zero-order valence-electron chi connectivity index (χ0n) is 16.3. The fourth-order valence-electron chi connectivity index (χ4n) is 2.74. The number of carbonyl (C=O) groups excluding carboxylic acids is 1. The Morgan fingerprint density at radius 1 is 1.46 bits per heavy atom. The minimum Gasteiger partial charge on any atom is -0.382 e. The van der Waals surface area contributed by atoms with Gasteiger partial charge in [-0.25, -0.2) is 14.7 Å². The van der Waals surface area contributed by atoms with Gasteiger partial charge in [-0.05, 0) is 33.1 Å². The lowest BCUT2D eigenvalue weighted by Gasteiger charge is -2.25. The van der Waals surface area contributed by atoms with Crippen molar-refractivity contribution in [3.8, 4) is 0 Å². The molecule has 1 aromatic rings. The Hall–Kier alpha value is -2.16. The van der Waals surface area contributed by atoms with Crippen molar-refractivity contribution in [3.05, 3.63) is 11.6 Å². The molecule has 2 N–H and O–H groups in total. The molecule has 9 heteroatoms. The van der Waals surface area contributed by atoms with E-state index in [0.717, 1.165) is 44.0 Å². The zero-order valence-corrected chi connectivity index (χ0v) is 16.3. The molecule has 0 saturated carbocycles. The van der Waals surface area contributed by atoms with Crippen molar-refractivity contribution in [3.63, 3.8) is 0 Å². The first-order valence-corrected chi connectivity index (χ1v) is 9.25. The molecule has 1 aromatic heterocycles. The predicted molar refractivity (Wildman–Crippen MR) is 100.0 cm³/mol. The molecule has 9 nitrogen and oxygen atoms in total. The fraction of sp³-hybridized carbons (Fsp3) is 0.765. The van der Waals surface area contributed by atoms with Gasteiger partial charge in [0.25, 0.3) is 0 Å². The number of guanidine groups is 1. The maximum Gasteiger partial charge on any atom is 0.243 e. The van der Waals surface area contributed by atoms with Crippen molar-refractivity contribution in [1.82, 2.24) is 30.3 Å². The summed E-state index contributed by atoms with van der Waals surface area (Å²) in [5.41, 5.74) is 0. The Kier molecular flexibility index (Phi) is 7.83. The van der Waals surface area contributed by atoms with Crippen LogP contribution in [-0.2, 0) is 16.1 Å². The molecule has 0 aromatic carbocycles. The van der Waals surface area contributed by atoms with Gasteiger partial charge < -0.3 is 20.3 Å². The van der Waals surface area contributed by atoms with Crippen LogP contribution < -0.4 is 10.6 Å². The number of aliphatic imine (C=N–C) groups is 1. The molecule has 0 saturated heterocycles. The quantitative estimate of drug-likeness (QED) is 0.395. The summed E-state index contributed by atoms with van der Waals surface area (Å²) in [4.78, 5) is 22.4. The van der Waals surface area contributed by atoms with Gasteiger partial charge in [-0.2, -0.15) is 5.10 Å². The molecule has 1 amide bonds. The minimum absolute atomic E-state index is 0.0388.